The Morgan fingerprint density at radius 1 is 1.10 bits per heavy atom. The number of hydrogen-bond acceptors (Lipinski definition) is 6. The van der Waals surface area contributed by atoms with Crippen LogP contribution in [-0.4, -0.2) is 37.5 Å². The van der Waals surface area contributed by atoms with Gasteiger partial charge in [-0.05, 0) is 43.9 Å². The van der Waals surface area contributed by atoms with Crippen molar-refractivity contribution in [2.75, 3.05) is 6.54 Å². The van der Waals surface area contributed by atoms with E-state index in [9.17, 15) is 4.79 Å². The van der Waals surface area contributed by atoms with Gasteiger partial charge in [-0.1, -0.05) is 12.5 Å². The van der Waals surface area contributed by atoms with Gasteiger partial charge in [-0.3, -0.25) is 14.7 Å². The van der Waals surface area contributed by atoms with Crippen molar-refractivity contribution in [2.45, 2.75) is 57.7 Å². The van der Waals surface area contributed by atoms with Crippen molar-refractivity contribution >= 4 is 0 Å². The molecule has 31 heavy (non-hydrogen) atoms. The highest BCUT2D eigenvalue weighted by Gasteiger charge is 2.23. The van der Waals surface area contributed by atoms with Crippen molar-refractivity contribution < 1.29 is 4.74 Å². The molecule has 0 radical (unpaired) electrons. The van der Waals surface area contributed by atoms with Gasteiger partial charge >= 0.3 is 0 Å². The molecule has 160 valence electrons. The number of aromatic amines is 1. The first kappa shape index (κ1) is 19.9. The lowest BCUT2D eigenvalue weighted by atomic mass is 9.98. The van der Waals surface area contributed by atoms with E-state index in [-0.39, 0.29) is 11.7 Å². The van der Waals surface area contributed by atoms with Gasteiger partial charge < -0.3 is 9.72 Å². The van der Waals surface area contributed by atoms with Gasteiger partial charge in [0.25, 0.3) is 5.56 Å². The van der Waals surface area contributed by atoms with Crippen LogP contribution in [0.3, 0.4) is 0 Å². The lowest BCUT2D eigenvalue weighted by molar-refractivity contribution is 0.143. The van der Waals surface area contributed by atoms with Gasteiger partial charge in [0.1, 0.15) is 11.9 Å². The van der Waals surface area contributed by atoms with E-state index in [0.717, 1.165) is 54.1 Å². The van der Waals surface area contributed by atoms with Crippen LogP contribution in [0.15, 0.2) is 47.7 Å². The Balaban J connectivity index is 1.32. The Bertz CT molecular complexity index is 1090. The van der Waals surface area contributed by atoms with Gasteiger partial charge in [0.2, 0.25) is 5.88 Å². The molecule has 3 aromatic rings. The van der Waals surface area contributed by atoms with E-state index >= 15 is 0 Å². The number of pyridine rings is 2. The van der Waals surface area contributed by atoms with Gasteiger partial charge in [-0.2, -0.15) is 0 Å². The second-order valence-electron chi connectivity index (χ2n) is 8.38. The molecule has 0 aromatic carbocycles. The van der Waals surface area contributed by atoms with Crippen LogP contribution in [-0.2, 0) is 19.5 Å². The Morgan fingerprint density at radius 2 is 1.94 bits per heavy atom. The van der Waals surface area contributed by atoms with Crippen LogP contribution >= 0.6 is 0 Å². The Labute approximate surface area is 181 Å². The zero-order valence-electron chi connectivity index (χ0n) is 17.6. The maximum Gasteiger partial charge on any atom is 0.255 e. The Morgan fingerprint density at radius 3 is 2.77 bits per heavy atom. The van der Waals surface area contributed by atoms with Gasteiger partial charge in [0.15, 0.2) is 0 Å². The molecule has 3 aromatic heterocycles. The van der Waals surface area contributed by atoms with E-state index in [2.05, 4.69) is 25.9 Å². The fourth-order valence-electron chi connectivity index (χ4n) is 4.49. The fourth-order valence-corrected chi connectivity index (χ4v) is 4.49. The van der Waals surface area contributed by atoms with Gasteiger partial charge in [-0.25, -0.2) is 9.97 Å². The predicted molar refractivity (Wildman–Crippen MR) is 118 cm³/mol. The summed E-state index contributed by atoms with van der Waals surface area (Å²) >= 11 is 0. The summed E-state index contributed by atoms with van der Waals surface area (Å²) in [4.78, 5) is 31.3. The average Bonchev–Trinajstić information content (AvgIpc) is 2.82. The Hall–Kier alpha value is -3.06. The molecule has 1 aliphatic carbocycles. The summed E-state index contributed by atoms with van der Waals surface area (Å²) in [6.45, 7) is 2.13. The maximum atomic E-state index is 12.8. The molecular weight excluding hydrogens is 390 g/mol. The summed E-state index contributed by atoms with van der Waals surface area (Å²) in [5, 5.41) is 0. The van der Waals surface area contributed by atoms with E-state index in [0.29, 0.717) is 18.9 Å². The minimum Gasteiger partial charge on any atom is -0.474 e. The molecule has 0 amide bonds. The van der Waals surface area contributed by atoms with E-state index in [4.69, 9.17) is 9.72 Å². The minimum atomic E-state index is -0.0635. The third-order valence-electron chi connectivity index (χ3n) is 6.18. The largest absolute Gasteiger partial charge is 0.474 e. The number of H-pyrrole nitrogens is 1. The second kappa shape index (κ2) is 8.98. The number of fused-ring (bicyclic) bond motifs is 1. The molecule has 0 unspecified atom stereocenters. The SMILES string of the molecule is O=c1[nH]c(-c2ccncc2)nc2c1CN(Cc1cccnc1OC1CCCCC1)CC2. The van der Waals surface area contributed by atoms with E-state index in [1.165, 1.54) is 19.3 Å². The molecule has 0 spiro atoms. The lowest BCUT2D eigenvalue weighted by Crippen LogP contribution is -2.35. The Kier molecular flexibility index (Phi) is 5.76. The predicted octanol–water partition coefficient (Wildman–Crippen LogP) is 3.50. The molecule has 7 heteroatoms. The fraction of sp³-hybridized carbons (Fsp3) is 0.417. The highest BCUT2D eigenvalue weighted by Crippen LogP contribution is 2.26. The summed E-state index contributed by atoms with van der Waals surface area (Å²) in [6, 6.07) is 7.75. The minimum absolute atomic E-state index is 0.0635. The van der Waals surface area contributed by atoms with Crippen LogP contribution in [0.2, 0.25) is 0 Å². The van der Waals surface area contributed by atoms with Crippen molar-refractivity contribution in [3.05, 3.63) is 70.0 Å². The van der Waals surface area contributed by atoms with E-state index in [1.54, 1.807) is 18.6 Å². The first-order valence-corrected chi connectivity index (χ1v) is 11.1. The van der Waals surface area contributed by atoms with Crippen molar-refractivity contribution in [1.82, 2.24) is 24.8 Å². The maximum absolute atomic E-state index is 12.8. The van der Waals surface area contributed by atoms with Crippen LogP contribution in [0, 0.1) is 0 Å². The summed E-state index contributed by atoms with van der Waals surface area (Å²) in [5.41, 5.74) is 3.53. The van der Waals surface area contributed by atoms with Crippen LogP contribution in [0.1, 0.15) is 48.9 Å². The number of hydrogen-bond donors (Lipinski definition) is 1. The second-order valence-corrected chi connectivity index (χ2v) is 8.38. The zero-order chi connectivity index (χ0) is 21.0. The van der Waals surface area contributed by atoms with Crippen LogP contribution in [0.4, 0.5) is 0 Å². The number of nitrogens with zero attached hydrogens (tertiary/aromatic N) is 4. The zero-order valence-corrected chi connectivity index (χ0v) is 17.6. The number of nitrogens with one attached hydrogen (secondary N) is 1. The third-order valence-corrected chi connectivity index (χ3v) is 6.18. The molecule has 2 aliphatic rings. The highest BCUT2D eigenvalue weighted by atomic mass is 16.5. The van der Waals surface area contributed by atoms with Crippen molar-refractivity contribution in [2.24, 2.45) is 0 Å². The van der Waals surface area contributed by atoms with Gasteiger partial charge in [0.05, 0.1) is 11.3 Å². The molecule has 0 atom stereocenters. The summed E-state index contributed by atoms with van der Waals surface area (Å²) in [7, 11) is 0. The molecule has 4 heterocycles. The quantitative estimate of drug-likeness (QED) is 0.684. The molecule has 1 fully saturated rings. The average molecular weight is 418 g/mol. The molecule has 5 rings (SSSR count). The van der Waals surface area contributed by atoms with Crippen LogP contribution in [0.25, 0.3) is 11.4 Å². The summed E-state index contributed by atoms with van der Waals surface area (Å²) in [6.07, 6.45) is 12.2. The molecule has 1 N–H and O–H groups in total. The number of ether oxygens (including phenoxy) is 1. The first-order chi connectivity index (χ1) is 15.3. The normalized spacial score (nSPS) is 17.3. The van der Waals surface area contributed by atoms with E-state index < -0.39 is 0 Å². The standard InChI is InChI=1S/C24H27N5O2/c30-23-20-16-29(14-10-21(20)27-22(28-23)17-8-12-25-13-9-17)15-18-5-4-11-26-24(18)31-19-6-2-1-3-7-19/h4-5,8-9,11-13,19H,1-3,6-7,10,14-16H2,(H,27,28,30). The molecule has 1 aliphatic heterocycles. The first-order valence-electron chi connectivity index (χ1n) is 11.1. The highest BCUT2D eigenvalue weighted by molar-refractivity contribution is 5.54. The molecule has 7 nitrogen and oxygen atoms in total. The number of rotatable bonds is 5. The van der Waals surface area contributed by atoms with Crippen molar-refractivity contribution in [3.8, 4) is 17.3 Å². The molecule has 0 saturated heterocycles. The van der Waals surface area contributed by atoms with Crippen molar-refractivity contribution in [3.63, 3.8) is 0 Å². The smallest absolute Gasteiger partial charge is 0.255 e. The van der Waals surface area contributed by atoms with E-state index in [1.807, 2.05) is 18.2 Å². The summed E-state index contributed by atoms with van der Waals surface area (Å²) < 4.78 is 6.26. The van der Waals surface area contributed by atoms with Crippen LogP contribution in [0.5, 0.6) is 5.88 Å². The van der Waals surface area contributed by atoms with Crippen LogP contribution < -0.4 is 10.3 Å². The van der Waals surface area contributed by atoms with Gasteiger partial charge in [-0.15, -0.1) is 0 Å². The lowest BCUT2D eigenvalue weighted by Gasteiger charge is -2.29. The monoisotopic (exact) mass is 417 g/mol. The van der Waals surface area contributed by atoms with Crippen molar-refractivity contribution in [1.29, 1.82) is 0 Å². The molecule has 1 saturated carbocycles. The molecule has 0 bridgehead atoms. The van der Waals surface area contributed by atoms with Gasteiger partial charge in [0, 0.05) is 55.8 Å². The molecular formula is C24H27N5O2. The third kappa shape index (κ3) is 4.51. The summed E-state index contributed by atoms with van der Waals surface area (Å²) in [5.74, 6) is 1.34. The number of aromatic nitrogens is 4. The topological polar surface area (TPSA) is 84.0 Å².